The molecule has 0 aliphatic carbocycles. The molecule has 0 spiro atoms. The maximum atomic E-state index is 6.37. The molecule has 0 amide bonds. The first-order chi connectivity index (χ1) is 64.0. The van der Waals surface area contributed by atoms with Gasteiger partial charge in [-0.15, -0.1) is 0 Å². The van der Waals surface area contributed by atoms with E-state index in [1.165, 1.54) is 207 Å². The molecule has 6 aromatic heterocycles. The lowest BCUT2D eigenvalue weighted by molar-refractivity contribution is 0.670. The molecule has 6 heteroatoms. The maximum Gasteiger partial charge on any atom is 0.143 e. The summed E-state index contributed by atoms with van der Waals surface area (Å²) in [4.78, 5) is 13.2. The van der Waals surface area contributed by atoms with E-state index >= 15 is 0 Å². The van der Waals surface area contributed by atoms with Gasteiger partial charge in [-0.2, -0.15) is 0 Å². The van der Waals surface area contributed by atoms with Crippen LogP contribution in [0.15, 0.2) is 460 Å². The third kappa shape index (κ3) is 11.9. The normalized spacial score (nSPS) is 11.9. The number of benzene rings is 22. The second-order valence-electron chi connectivity index (χ2n) is 34.0. The SMILES string of the molecule is c1ccc(-c2cc(-c3ccc4ccc5c(-c6cccnc6)ccc6ccc3c4c65)cc(-n3c4ccccc4c4ccccc43)c2)cc1.c1cncc(-c2ccc3ccc4c(-c5cccc(-c6cccc7c6oc6ccccc67)c5)ccc5ccc2c3c54)c1.c1cncc(-c2ccc3ccc4c(-c5cccc(-n6c7ccccc7c7ccccc76)c5)ccc5ccc2c3c54)c1. The van der Waals surface area contributed by atoms with Crippen LogP contribution in [0.1, 0.15) is 0 Å². The van der Waals surface area contributed by atoms with Gasteiger partial charge in [0.15, 0.2) is 0 Å². The molecule has 0 atom stereocenters. The minimum atomic E-state index is 0.920. The molecule has 0 saturated heterocycles. The first-order valence-electron chi connectivity index (χ1n) is 44.1. The van der Waals surface area contributed by atoms with E-state index < -0.39 is 0 Å². The molecule has 6 nitrogen and oxygen atoms in total. The highest BCUT2D eigenvalue weighted by atomic mass is 16.3. The Balaban J connectivity index is 0.000000102. The van der Waals surface area contributed by atoms with Gasteiger partial charge in [-0.1, -0.05) is 334 Å². The third-order valence-corrected chi connectivity index (χ3v) is 27.0. The molecule has 28 aromatic rings. The third-order valence-electron chi connectivity index (χ3n) is 27.0. The Morgan fingerprint density at radius 3 is 0.884 bits per heavy atom. The van der Waals surface area contributed by atoms with Crippen molar-refractivity contribution < 1.29 is 4.42 Å². The van der Waals surface area contributed by atoms with Crippen molar-refractivity contribution in [3.05, 3.63) is 456 Å². The summed E-state index contributed by atoms with van der Waals surface area (Å²) in [5, 5.41) is 30.4. The molecule has 0 bridgehead atoms. The first kappa shape index (κ1) is 73.4. The van der Waals surface area contributed by atoms with Crippen molar-refractivity contribution in [2.75, 3.05) is 0 Å². The van der Waals surface area contributed by atoms with E-state index in [0.29, 0.717) is 0 Å². The van der Waals surface area contributed by atoms with Crippen molar-refractivity contribution in [3.8, 4) is 100 Å². The van der Waals surface area contributed by atoms with E-state index in [1.807, 2.05) is 67.5 Å². The Bertz CT molecular complexity index is 9200. The second kappa shape index (κ2) is 29.8. The lowest BCUT2D eigenvalue weighted by Gasteiger charge is -2.18. The number of nitrogens with zero attached hydrogens (tertiary/aromatic N) is 5. The van der Waals surface area contributed by atoms with Gasteiger partial charge in [0.1, 0.15) is 11.2 Å². The fourth-order valence-corrected chi connectivity index (χ4v) is 21.2. The highest BCUT2D eigenvalue weighted by Gasteiger charge is 2.24. The minimum Gasteiger partial charge on any atom is -0.455 e. The van der Waals surface area contributed by atoms with E-state index in [9.17, 15) is 0 Å². The van der Waals surface area contributed by atoms with Gasteiger partial charge >= 0.3 is 0 Å². The van der Waals surface area contributed by atoms with Crippen molar-refractivity contribution in [1.29, 1.82) is 0 Å². The van der Waals surface area contributed by atoms with Gasteiger partial charge < -0.3 is 13.6 Å². The number of aromatic nitrogens is 5. The fraction of sp³-hybridized carbons (Fsp3) is 0. The summed E-state index contributed by atoms with van der Waals surface area (Å²) in [5.74, 6) is 0. The summed E-state index contributed by atoms with van der Waals surface area (Å²) in [7, 11) is 0. The molecule has 0 N–H and O–H groups in total. The largest absolute Gasteiger partial charge is 0.455 e. The molecule has 129 heavy (non-hydrogen) atoms. The number of pyridine rings is 3. The summed E-state index contributed by atoms with van der Waals surface area (Å²) < 4.78 is 11.2. The molecule has 0 unspecified atom stereocenters. The van der Waals surface area contributed by atoms with Crippen LogP contribution in [-0.2, 0) is 0 Å². The van der Waals surface area contributed by atoms with Gasteiger partial charge in [0.2, 0.25) is 0 Å². The van der Waals surface area contributed by atoms with Crippen molar-refractivity contribution >= 4 is 163 Å². The van der Waals surface area contributed by atoms with Crippen LogP contribution in [0, 0.1) is 0 Å². The zero-order valence-corrected chi connectivity index (χ0v) is 69.9. The number of para-hydroxylation sites is 6. The van der Waals surface area contributed by atoms with Crippen LogP contribution in [0.25, 0.3) is 263 Å². The van der Waals surface area contributed by atoms with Crippen molar-refractivity contribution in [2.45, 2.75) is 0 Å². The zero-order chi connectivity index (χ0) is 84.7. The van der Waals surface area contributed by atoms with E-state index in [-0.39, 0.29) is 0 Å². The lowest BCUT2D eigenvalue weighted by atomic mass is 9.87. The molecular formula is C123H75N5O. The molecule has 0 fully saturated rings. The van der Waals surface area contributed by atoms with Crippen molar-refractivity contribution in [2.24, 2.45) is 0 Å². The average molecular weight is 1640 g/mol. The molecule has 0 saturated carbocycles. The molecule has 0 aliphatic heterocycles. The summed E-state index contributed by atoms with van der Waals surface area (Å²) >= 11 is 0. The van der Waals surface area contributed by atoms with Gasteiger partial charge in [-0.05, 0) is 249 Å². The Morgan fingerprint density at radius 1 is 0.171 bits per heavy atom. The van der Waals surface area contributed by atoms with Crippen LogP contribution in [0.3, 0.4) is 0 Å². The maximum absolute atomic E-state index is 6.37. The van der Waals surface area contributed by atoms with Gasteiger partial charge in [-0.3, -0.25) is 15.0 Å². The second-order valence-corrected chi connectivity index (χ2v) is 34.0. The van der Waals surface area contributed by atoms with E-state index in [4.69, 9.17) is 4.42 Å². The molecule has 0 aliphatic rings. The van der Waals surface area contributed by atoms with Gasteiger partial charge in [-0.25, -0.2) is 0 Å². The van der Waals surface area contributed by atoms with Crippen LogP contribution in [0.2, 0.25) is 0 Å². The Labute approximate surface area is 742 Å². The monoisotopic (exact) mass is 1640 g/mol. The average Bonchev–Trinajstić information content (AvgIpc) is 1.32. The van der Waals surface area contributed by atoms with Crippen molar-refractivity contribution in [3.63, 3.8) is 0 Å². The highest BCUT2D eigenvalue weighted by Crippen LogP contribution is 2.49. The van der Waals surface area contributed by atoms with Crippen LogP contribution in [0.5, 0.6) is 0 Å². The minimum absolute atomic E-state index is 0.920. The zero-order valence-electron chi connectivity index (χ0n) is 69.9. The summed E-state index contributed by atoms with van der Waals surface area (Å²) in [6, 6.07) is 152. The summed E-state index contributed by atoms with van der Waals surface area (Å²) in [6.07, 6.45) is 11.4. The standard InChI is InChI=1S/C45H28N2.C39H24N2.C39H23NO/c1-2-9-29(10-3-1)33-25-34(27-35(26-33)47-42-14-6-4-12-38(42)39-13-5-7-15-43(39)47)37-21-17-31-18-22-40-36(32-11-8-24-46-28-32)20-16-30-19-23-41(37)45(31)44(30)40;1-3-12-36-32(10-1)33-11-2-4-13-37(33)41(36)29-9-5-7-27(23-29)30-18-14-25-17-21-35-31(28-8-6-22-40-24-28)19-15-26-16-20-34(30)38(25)39(26)35;1-2-12-36-32(9-1)35-11-4-10-31(39(35)41-36)27-7-3-6-26(22-27)29-17-13-24-16-20-34-30(28-8-5-21-40-23-28)18-14-25-15-19-33(29)37(24)38(25)34/h1-28H;1-24H;1-23H. The van der Waals surface area contributed by atoms with Crippen LogP contribution >= 0.6 is 0 Å². The number of hydrogen-bond acceptors (Lipinski definition) is 4. The van der Waals surface area contributed by atoms with Gasteiger partial charge in [0, 0.05) is 103 Å². The number of furan rings is 1. The lowest BCUT2D eigenvalue weighted by Crippen LogP contribution is -1.96. The van der Waals surface area contributed by atoms with Gasteiger partial charge in [0.05, 0.1) is 22.1 Å². The topological polar surface area (TPSA) is 61.7 Å². The molecule has 28 rings (SSSR count). The quantitative estimate of drug-likeness (QED) is 0.128. The molecule has 598 valence electrons. The summed E-state index contributed by atoms with van der Waals surface area (Å²) in [6.45, 7) is 0. The first-order valence-corrected chi connectivity index (χ1v) is 44.1. The Morgan fingerprint density at radius 2 is 0.465 bits per heavy atom. The van der Waals surface area contributed by atoms with E-state index in [1.54, 1.807) is 0 Å². The number of fused-ring (bicyclic) bond motifs is 9. The molecular weight excluding hydrogens is 1560 g/mol. The van der Waals surface area contributed by atoms with E-state index in [2.05, 4.69) is 412 Å². The molecule has 6 heterocycles. The number of hydrogen-bond donors (Lipinski definition) is 0. The number of rotatable bonds is 10. The fourth-order valence-electron chi connectivity index (χ4n) is 21.2. The Kier molecular flexibility index (Phi) is 16.9. The van der Waals surface area contributed by atoms with Crippen LogP contribution in [-0.4, -0.2) is 24.1 Å². The van der Waals surface area contributed by atoms with E-state index in [0.717, 1.165) is 55.4 Å². The smallest absolute Gasteiger partial charge is 0.143 e. The van der Waals surface area contributed by atoms with Crippen LogP contribution < -0.4 is 0 Å². The van der Waals surface area contributed by atoms with Crippen LogP contribution in [0.4, 0.5) is 0 Å². The Hall–Kier alpha value is -17.2. The van der Waals surface area contributed by atoms with Crippen molar-refractivity contribution in [1.82, 2.24) is 24.1 Å². The molecule has 22 aromatic carbocycles. The molecule has 0 radical (unpaired) electrons. The predicted octanol–water partition coefficient (Wildman–Crippen LogP) is 33.4. The van der Waals surface area contributed by atoms with Gasteiger partial charge in [0.25, 0.3) is 0 Å². The predicted molar refractivity (Wildman–Crippen MR) is 543 cm³/mol. The highest BCUT2D eigenvalue weighted by molar-refractivity contribution is 6.31. The summed E-state index contributed by atoms with van der Waals surface area (Å²) in [5.41, 5.74) is 28.1.